The fraction of sp³-hybridized carbons (Fsp3) is 0.316. The molecule has 0 saturated heterocycles. The number of nitrogens with two attached hydrogens (primary N) is 1. The Labute approximate surface area is 142 Å². The fourth-order valence-corrected chi connectivity index (χ4v) is 2.73. The second-order valence-corrected chi connectivity index (χ2v) is 5.41. The van der Waals surface area contributed by atoms with Gasteiger partial charge in [-0.1, -0.05) is 12.1 Å². The molecule has 0 aliphatic heterocycles. The van der Waals surface area contributed by atoms with Crippen molar-refractivity contribution < 1.29 is 14.2 Å². The summed E-state index contributed by atoms with van der Waals surface area (Å²) in [6.45, 7) is 0.468. The molecule has 1 atom stereocenters. The third-order valence-electron chi connectivity index (χ3n) is 3.98. The number of methoxy groups -OCH3 is 3. The summed E-state index contributed by atoms with van der Waals surface area (Å²) in [6, 6.07) is 13.6. The topological polar surface area (TPSA) is 77.5 Å². The lowest BCUT2D eigenvalue weighted by Gasteiger charge is -2.19. The minimum Gasteiger partial charge on any atom is -0.493 e. The summed E-state index contributed by atoms with van der Waals surface area (Å²) in [4.78, 5) is 0. The largest absolute Gasteiger partial charge is 0.493 e. The molecular formula is C19H22N2O3. The molecule has 0 heterocycles. The molecule has 0 fully saturated rings. The maximum Gasteiger partial charge on any atom is 0.203 e. The molecule has 5 heteroatoms. The summed E-state index contributed by atoms with van der Waals surface area (Å²) in [5.74, 6) is 1.85. The average Bonchev–Trinajstić information content (AvgIpc) is 2.64. The number of ether oxygens (including phenoxy) is 3. The zero-order valence-electron chi connectivity index (χ0n) is 14.2. The molecule has 0 spiro atoms. The molecule has 0 aromatic heterocycles. The first-order chi connectivity index (χ1) is 11.7. The molecule has 2 aromatic carbocycles. The molecule has 0 amide bonds. The summed E-state index contributed by atoms with van der Waals surface area (Å²) in [7, 11) is 4.76. The van der Waals surface area contributed by atoms with Gasteiger partial charge in [0.2, 0.25) is 5.75 Å². The van der Waals surface area contributed by atoms with Gasteiger partial charge in [0.25, 0.3) is 0 Å². The molecule has 126 valence electrons. The van der Waals surface area contributed by atoms with Gasteiger partial charge in [-0.2, -0.15) is 5.26 Å². The van der Waals surface area contributed by atoms with Gasteiger partial charge < -0.3 is 19.9 Å². The SMILES string of the molecule is COc1cc(C(CN)Cc2cccc(C#N)c2)cc(OC)c1OC. The van der Waals surface area contributed by atoms with Gasteiger partial charge in [-0.25, -0.2) is 0 Å². The lowest BCUT2D eigenvalue weighted by Crippen LogP contribution is -2.15. The van der Waals surface area contributed by atoms with Gasteiger partial charge in [0.1, 0.15) is 0 Å². The standard InChI is InChI=1S/C19H22N2O3/c1-22-17-9-15(10-18(23-2)19(17)24-3)16(12-21)8-13-5-4-6-14(7-13)11-20/h4-7,9-10,16H,8,12,21H2,1-3H3. The summed E-state index contributed by atoms with van der Waals surface area (Å²) in [5.41, 5.74) is 8.72. The number of hydrogen-bond acceptors (Lipinski definition) is 5. The van der Waals surface area contributed by atoms with Crippen LogP contribution in [-0.2, 0) is 6.42 Å². The highest BCUT2D eigenvalue weighted by atomic mass is 16.5. The molecule has 0 aliphatic carbocycles. The van der Waals surface area contributed by atoms with E-state index in [9.17, 15) is 0 Å². The van der Waals surface area contributed by atoms with Crippen molar-refractivity contribution in [1.82, 2.24) is 0 Å². The third kappa shape index (κ3) is 3.79. The maximum atomic E-state index is 9.04. The van der Waals surface area contributed by atoms with E-state index in [4.69, 9.17) is 25.2 Å². The second-order valence-electron chi connectivity index (χ2n) is 5.41. The Morgan fingerprint density at radius 1 is 1.04 bits per heavy atom. The second kappa shape index (κ2) is 8.23. The monoisotopic (exact) mass is 326 g/mol. The van der Waals surface area contributed by atoms with Gasteiger partial charge >= 0.3 is 0 Å². The van der Waals surface area contributed by atoms with E-state index in [-0.39, 0.29) is 5.92 Å². The van der Waals surface area contributed by atoms with Crippen LogP contribution in [0.4, 0.5) is 0 Å². The number of rotatable bonds is 7. The van der Waals surface area contributed by atoms with E-state index in [0.717, 1.165) is 17.5 Å². The lowest BCUT2D eigenvalue weighted by atomic mass is 9.91. The predicted octanol–water partition coefficient (Wildman–Crippen LogP) is 2.87. The Morgan fingerprint density at radius 2 is 1.71 bits per heavy atom. The van der Waals surface area contributed by atoms with Crippen molar-refractivity contribution in [2.45, 2.75) is 12.3 Å². The van der Waals surface area contributed by atoms with E-state index in [1.54, 1.807) is 27.4 Å². The molecule has 2 N–H and O–H groups in total. The van der Waals surface area contributed by atoms with E-state index < -0.39 is 0 Å². The Hall–Kier alpha value is -2.71. The third-order valence-corrected chi connectivity index (χ3v) is 3.98. The Balaban J connectivity index is 2.38. The number of benzene rings is 2. The highest BCUT2D eigenvalue weighted by Gasteiger charge is 2.18. The average molecular weight is 326 g/mol. The molecule has 2 rings (SSSR count). The first kappa shape index (κ1) is 17.6. The van der Waals surface area contributed by atoms with Gasteiger partial charge in [0.05, 0.1) is 33.0 Å². The van der Waals surface area contributed by atoms with Crippen LogP contribution in [0.25, 0.3) is 0 Å². The van der Waals surface area contributed by atoms with Gasteiger partial charge in [0.15, 0.2) is 11.5 Å². The van der Waals surface area contributed by atoms with Gasteiger partial charge in [-0.05, 0) is 48.4 Å². The van der Waals surface area contributed by atoms with Crippen LogP contribution in [0, 0.1) is 11.3 Å². The van der Waals surface area contributed by atoms with Crippen LogP contribution in [0.5, 0.6) is 17.2 Å². The van der Waals surface area contributed by atoms with Crippen molar-refractivity contribution in [2.75, 3.05) is 27.9 Å². The molecule has 0 saturated carbocycles. The van der Waals surface area contributed by atoms with Gasteiger partial charge in [-0.15, -0.1) is 0 Å². The summed E-state index contributed by atoms with van der Waals surface area (Å²) < 4.78 is 16.2. The molecule has 0 aliphatic rings. The summed E-state index contributed by atoms with van der Waals surface area (Å²) in [5, 5.41) is 9.04. The van der Waals surface area contributed by atoms with Crippen molar-refractivity contribution in [1.29, 1.82) is 5.26 Å². The molecule has 2 aromatic rings. The quantitative estimate of drug-likeness (QED) is 0.846. The van der Waals surface area contributed by atoms with Crippen LogP contribution in [-0.4, -0.2) is 27.9 Å². The number of hydrogen-bond donors (Lipinski definition) is 1. The van der Waals surface area contributed by atoms with Crippen LogP contribution in [0.2, 0.25) is 0 Å². The van der Waals surface area contributed by atoms with E-state index in [2.05, 4.69) is 6.07 Å². The smallest absolute Gasteiger partial charge is 0.203 e. The molecular weight excluding hydrogens is 304 g/mol. The minimum absolute atomic E-state index is 0.0765. The first-order valence-corrected chi connectivity index (χ1v) is 7.65. The number of nitrogens with zero attached hydrogens (tertiary/aromatic N) is 1. The molecule has 24 heavy (non-hydrogen) atoms. The van der Waals surface area contributed by atoms with Crippen LogP contribution in [0.1, 0.15) is 22.6 Å². The van der Waals surface area contributed by atoms with E-state index >= 15 is 0 Å². The molecule has 5 nitrogen and oxygen atoms in total. The highest BCUT2D eigenvalue weighted by Crippen LogP contribution is 2.40. The number of nitriles is 1. The minimum atomic E-state index is 0.0765. The van der Waals surface area contributed by atoms with Crippen LogP contribution < -0.4 is 19.9 Å². The molecule has 0 bridgehead atoms. The van der Waals surface area contributed by atoms with E-state index in [0.29, 0.717) is 29.4 Å². The highest BCUT2D eigenvalue weighted by molar-refractivity contribution is 5.54. The fourth-order valence-electron chi connectivity index (χ4n) is 2.73. The first-order valence-electron chi connectivity index (χ1n) is 7.65. The van der Waals surface area contributed by atoms with Crippen LogP contribution in [0.3, 0.4) is 0 Å². The van der Waals surface area contributed by atoms with Crippen molar-refractivity contribution in [3.63, 3.8) is 0 Å². The Morgan fingerprint density at radius 3 is 2.21 bits per heavy atom. The van der Waals surface area contributed by atoms with Crippen molar-refractivity contribution in [2.24, 2.45) is 5.73 Å². The Kier molecular flexibility index (Phi) is 6.05. The maximum absolute atomic E-state index is 9.04. The lowest BCUT2D eigenvalue weighted by molar-refractivity contribution is 0.323. The summed E-state index contributed by atoms with van der Waals surface area (Å²) >= 11 is 0. The van der Waals surface area contributed by atoms with Gasteiger partial charge in [0, 0.05) is 5.92 Å². The molecule has 0 radical (unpaired) electrons. The van der Waals surface area contributed by atoms with Crippen molar-refractivity contribution in [3.8, 4) is 23.3 Å². The van der Waals surface area contributed by atoms with Crippen molar-refractivity contribution in [3.05, 3.63) is 53.1 Å². The molecule has 1 unspecified atom stereocenters. The Bertz CT molecular complexity index is 713. The zero-order valence-corrected chi connectivity index (χ0v) is 14.2. The normalized spacial score (nSPS) is 11.5. The van der Waals surface area contributed by atoms with Crippen LogP contribution in [0.15, 0.2) is 36.4 Å². The van der Waals surface area contributed by atoms with Crippen molar-refractivity contribution >= 4 is 0 Å². The van der Waals surface area contributed by atoms with E-state index in [1.807, 2.05) is 30.3 Å². The summed E-state index contributed by atoms with van der Waals surface area (Å²) in [6.07, 6.45) is 0.727. The predicted molar refractivity (Wildman–Crippen MR) is 92.8 cm³/mol. The zero-order chi connectivity index (χ0) is 17.5. The van der Waals surface area contributed by atoms with E-state index in [1.165, 1.54) is 0 Å². The van der Waals surface area contributed by atoms with Crippen LogP contribution >= 0.6 is 0 Å². The van der Waals surface area contributed by atoms with Gasteiger partial charge in [-0.3, -0.25) is 0 Å².